The molecule has 0 bridgehead atoms. The highest BCUT2D eigenvalue weighted by atomic mass is 32.2. The molecule has 0 aliphatic carbocycles. The van der Waals surface area contributed by atoms with E-state index in [-0.39, 0.29) is 10.8 Å². The quantitative estimate of drug-likeness (QED) is 0.410. The number of H-pyrrole nitrogens is 1. The molecule has 1 atom stereocenters. The normalized spacial score (nSPS) is 12.4. The summed E-state index contributed by atoms with van der Waals surface area (Å²) in [5.41, 5.74) is 1.29. The minimum atomic E-state index is -0.202. The molecule has 0 saturated carbocycles. The van der Waals surface area contributed by atoms with Crippen molar-refractivity contribution in [2.45, 2.75) is 17.4 Å². The van der Waals surface area contributed by atoms with Gasteiger partial charge in [0.2, 0.25) is 5.89 Å². The number of hydrogen-bond acceptors (Lipinski definition) is 9. The van der Waals surface area contributed by atoms with E-state index in [1.165, 1.54) is 23.1 Å². The third kappa shape index (κ3) is 3.36. The maximum absolute atomic E-state index is 12.7. The molecule has 0 spiro atoms. The van der Waals surface area contributed by atoms with E-state index < -0.39 is 0 Å². The fraction of sp³-hybridized carbons (Fsp3) is 0.105. The number of furan rings is 1. The number of thiophene rings is 1. The van der Waals surface area contributed by atoms with Crippen molar-refractivity contribution < 1.29 is 8.83 Å². The standard InChI is InChI=1S/C19H13N5O3S2/c1-10(29-19-24-23-17(27-19)11-4-2-6-20-8-11)15-21-16(25)14-12(9-28-18(14)22-15)13-5-3-7-26-13/h2-10H,1H3,(H,21,22,25). The average Bonchev–Trinajstić information content (AvgIpc) is 3.49. The van der Waals surface area contributed by atoms with Crippen molar-refractivity contribution in [2.75, 3.05) is 0 Å². The summed E-state index contributed by atoms with van der Waals surface area (Å²) < 4.78 is 11.1. The van der Waals surface area contributed by atoms with Gasteiger partial charge in [0.05, 0.1) is 22.5 Å². The summed E-state index contributed by atoms with van der Waals surface area (Å²) in [6.45, 7) is 1.92. The molecule has 0 radical (unpaired) electrons. The van der Waals surface area contributed by atoms with Crippen LogP contribution in [-0.4, -0.2) is 25.1 Å². The van der Waals surface area contributed by atoms with Gasteiger partial charge in [0.1, 0.15) is 16.4 Å². The summed E-state index contributed by atoms with van der Waals surface area (Å²) in [5.74, 6) is 1.58. The monoisotopic (exact) mass is 423 g/mol. The number of hydrogen-bond donors (Lipinski definition) is 1. The van der Waals surface area contributed by atoms with Crippen LogP contribution < -0.4 is 5.56 Å². The molecule has 5 heterocycles. The molecule has 144 valence electrons. The number of thioether (sulfide) groups is 1. The van der Waals surface area contributed by atoms with Gasteiger partial charge in [-0.2, -0.15) is 0 Å². The number of nitrogens with one attached hydrogen (secondary N) is 1. The van der Waals surface area contributed by atoms with Crippen molar-refractivity contribution in [3.8, 4) is 22.8 Å². The Balaban J connectivity index is 1.42. The fourth-order valence-corrected chi connectivity index (χ4v) is 4.52. The Labute approximate surface area is 172 Å². The van der Waals surface area contributed by atoms with Crippen LogP contribution in [0, 0.1) is 0 Å². The van der Waals surface area contributed by atoms with Crippen LogP contribution in [0.2, 0.25) is 0 Å². The van der Waals surface area contributed by atoms with Gasteiger partial charge in [0, 0.05) is 23.3 Å². The molecule has 5 aromatic rings. The molecule has 0 amide bonds. The zero-order valence-electron chi connectivity index (χ0n) is 15.0. The summed E-state index contributed by atoms with van der Waals surface area (Å²) in [7, 11) is 0. The SMILES string of the molecule is CC(Sc1nnc(-c2cccnc2)o1)c1nc2scc(-c3ccco3)c2c(=O)[nH]1. The van der Waals surface area contributed by atoms with Crippen LogP contribution in [0.3, 0.4) is 0 Å². The van der Waals surface area contributed by atoms with Crippen LogP contribution in [0.4, 0.5) is 0 Å². The number of rotatable bonds is 5. The first kappa shape index (κ1) is 17.8. The lowest BCUT2D eigenvalue weighted by molar-refractivity contribution is 0.464. The second kappa shape index (κ2) is 7.30. The second-order valence-electron chi connectivity index (χ2n) is 6.13. The van der Waals surface area contributed by atoms with Gasteiger partial charge in [0.15, 0.2) is 0 Å². The van der Waals surface area contributed by atoms with Gasteiger partial charge in [-0.25, -0.2) is 4.98 Å². The Morgan fingerprint density at radius 1 is 1.24 bits per heavy atom. The molecule has 10 heteroatoms. The van der Waals surface area contributed by atoms with Crippen LogP contribution >= 0.6 is 23.1 Å². The summed E-state index contributed by atoms with van der Waals surface area (Å²) in [6, 6.07) is 7.26. The van der Waals surface area contributed by atoms with Gasteiger partial charge >= 0.3 is 0 Å². The van der Waals surface area contributed by atoms with Crippen molar-refractivity contribution in [3.63, 3.8) is 0 Å². The number of aromatic nitrogens is 5. The summed E-state index contributed by atoms with van der Waals surface area (Å²) in [4.78, 5) is 24.9. The number of fused-ring (bicyclic) bond motifs is 1. The first-order valence-electron chi connectivity index (χ1n) is 8.65. The predicted molar refractivity (Wildman–Crippen MR) is 110 cm³/mol. The molecule has 29 heavy (non-hydrogen) atoms. The summed E-state index contributed by atoms with van der Waals surface area (Å²) >= 11 is 2.73. The minimum Gasteiger partial charge on any atom is -0.464 e. The van der Waals surface area contributed by atoms with E-state index in [0.29, 0.717) is 32.9 Å². The summed E-state index contributed by atoms with van der Waals surface area (Å²) in [5, 5.41) is 10.7. The molecule has 0 fully saturated rings. The van der Waals surface area contributed by atoms with E-state index in [1.807, 2.05) is 24.4 Å². The molecule has 8 nitrogen and oxygen atoms in total. The van der Waals surface area contributed by atoms with E-state index in [4.69, 9.17) is 8.83 Å². The van der Waals surface area contributed by atoms with Gasteiger partial charge < -0.3 is 13.8 Å². The van der Waals surface area contributed by atoms with Gasteiger partial charge in [-0.1, -0.05) is 11.8 Å². The smallest absolute Gasteiger partial charge is 0.277 e. The van der Waals surface area contributed by atoms with E-state index in [1.54, 1.807) is 30.8 Å². The molecule has 0 aliphatic heterocycles. The van der Waals surface area contributed by atoms with E-state index in [9.17, 15) is 4.79 Å². The van der Waals surface area contributed by atoms with Crippen LogP contribution in [0.25, 0.3) is 33.0 Å². The largest absolute Gasteiger partial charge is 0.464 e. The molecule has 1 unspecified atom stereocenters. The molecule has 0 aromatic carbocycles. The fourth-order valence-electron chi connectivity index (χ4n) is 2.84. The highest BCUT2D eigenvalue weighted by molar-refractivity contribution is 7.99. The van der Waals surface area contributed by atoms with Crippen LogP contribution in [0.5, 0.6) is 0 Å². The zero-order chi connectivity index (χ0) is 19.8. The first-order chi connectivity index (χ1) is 14.2. The van der Waals surface area contributed by atoms with Crippen LogP contribution in [0.1, 0.15) is 18.0 Å². The third-order valence-corrected chi connectivity index (χ3v) is 6.04. The van der Waals surface area contributed by atoms with E-state index >= 15 is 0 Å². The lowest BCUT2D eigenvalue weighted by Gasteiger charge is -2.07. The highest BCUT2D eigenvalue weighted by Gasteiger charge is 2.20. The minimum absolute atomic E-state index is 0.191. The highest BCUT2D eigenvalue weighted by Crippen LogP contribution is 2.35. The Hall–Kier alpha value is -3.24. The van der Waals surface area contributed by atoms with E-state index in [0.717, 1.165) is 11.1 Å². The van der Waals surface area contributed by atoms with Gasteiger partial charge in [-0.3, -0.25) is 9.78 Å². The Kier molecular flexibility index (Phi) is 4.49. The Morgan fingerprint density at radius 3 is 2.97 bits per heavy atom. The number of nitrogens with zero attached hydrogens (tertiary/aromatic N) is 4. The van der Waals surface area contributed by atoms with Gasteiger partial charge in [-0.15, -0.1) is 21.5 Å². The lowest BCUT2D eigenvalue weighted by atomic mass is 10.2. The average molecular weight is 423 g/mol. The third-order valence-electron chi connectivity index (χ3n) is 4.23. The number of pyridine rings is 1. The van der Waals surface area contributed by atoms with Crippen molar-refractivity contribution in [3.05, 3.63) is 64.5 Å². The lowest BCUT2D eigenvalue weighted by Crippen LogP contribution is -2.12. The maximum Gasteiger partial charge on any atom is 0.277 e. The topological polar surface area (TPSA) is 111 Å². The molecule has 5 aromatic heterocycles. The van der Waals surface area contributed by atoms with Crippen molar-refractivity contribution in [1.82, 2.24) is 25.1 Å². The molecular weight excluding hydrogens is 410 g/mol. The van der Waals surface area contributed by atoms with Crippen molar-refractivity contribution >= 4 is 33.3 Å². The van der Waals surface area contributed by atoms with Gasteiger partial charge in [-0.05, 0) is 31.2 Å². The molecule has 5 rings (SSSR count). The molecule has 0 saturated heterocycles. The maximum atomic E-state index is 12.7. The van der Waals surface area contributed by atoms with Crippen LogP contribution in [-0.2, 0) is 0 Å². The zero-order valence-corrected chi connectivity index (χ0v) is 16.7. The Morgan fingerprint density at radius 2 is 2.17 bits per heavy atom. The van der Waals surface area contributed by atoms with E-state index in [2.05, 4.69) is 25.1 Å². The summed E-state index contributed by atoms with van der Waals surface area (Å²) in [6.07, 6.45) is 4.92. The molecule has 0 aliphatic rings. The Bertz CT molecular complexity index is 1330. The first-order valence-corrected chi connectivity index (χ1v) is 10.4. The molecular formula is C19H13N5O3S2. The second-order valence-corrected chi connectivity index (χ2v) is 8.28. The molecule has 1 N–H and O–H groups in total. The number of aromatic amines is 1. The van der Waals surface area contributed by atoms with Crippen molar-refractivity contribution in [2.24, 2.45) is 0 Å². The van der Waals surface area contributed by atoms with Gasteiger partial charge in [0.25, 0.3) is 10.8 Å². The predicted octanol–water partition coefficient (Wildman–Crippen LogP) is 4.54. The van der Waals surface area contributed by atoms with Crippen molar-refractivity contribution in [1.29, 1.82) is 0 Å². The van der Waals surface area contributed by atoms with Crippen LogP contribution in [0.15, 0.2) is 67.2 Å².